The summed E-state index contributed by atoms with van der Waals surface area (Å²) in [5.41, 5.74) is 0.268. The van der Waals surface area contributed by atoms with Gasteiger partial charge in [0.05, 0.1) is 16.1 Å². The van der Waals surface area contributed by atoms with E-state index in [4.69, 9.17) is 23.2 Å². The van der Waals surface area contributed by atoms with E-state index in [1.807, 2.05) is 6.92 Å². The van der Waals surface area contributed by atoms with E-state index in [9.17, 15) is 4.79 Å². The Morgan fingerprint density at radius 1 is 1.47 bits per heavy atom. The summed E-state index contributed by atoms with van der Waals surface area (Å²) in [5, 5.41) is 7.13. The third-order valence-corrected chi connectivity index (χ3v) is 3.51. The molecule has 1 aliphatic heterocycles. The first kappa shape index (κ1) is 12.7. The summed E-state index contributed by atoms with van der Waals surface area (Å²) in [4.78, 5) is 12.1. The van der Waals surface area contributed by atoms with Gasteiger partial charge in [-0.05, 0) is 38.1 Å². The maximum Gasteiger partial charge on any atom is 0.253 e. The molecule has 1 amide bonds. The highest BCUT2D eigenvalue weighted by Gasteiger charge is 2.30. The van der Waals surface area contributed by atoms with Gasteiger partial charge in [-0.2, -0.15) is 0 Å². The molecule has 1 fully saturated rings. The molecule has 1 unspecified atom stereocenters. The first-order valence-electron chi connectivity index (χ1n) is 5.48. The van der Waals surface area contributed by atoms with Crippen molar-refractivity contribution in [3.63, 3.8) is 0 Å². The van der Waals surface area contributed by atoms with Gasteiger partial charge in [0.25, 0.3) is 5.91 Å². The van der Waals surface area contributed by atoms with Crippen molar-refractivity contribution in [2.75, 3.05) is 13.1 Å². The molecule has 2 N–H and O–H groups in total. The van der Waals surface area contributed by atoms with Gasteiger partial charge in [-0.3, -0.25) is 4.79 Å². The Hall–Kier alpha value is -0.770. The van der Waals surface area contributed by atoms with Gasteiger partial charge in [0.1, 0.15) is 0 Å². The van der Waals surface area contributed by atoms with E-state index in [0.29, 0.717) is 15.6 Å². The second-order valence-electron chi connectivity index (χ2n) is 4.57. The minimum atomic E-state index is -0.194. The molecule has 1 atom stereocenters. The zero-order chi connectivity index (χ0) is 12.5. The predicted octanol–water partition coefficient (Wildman–Crippen LogP) is 2.48. The number of hydrogen-bond donors (Lipinski definition) is 2. The topological polar surface area (TPSA) is 41.1 Å². The molecule has 5 heteroatoms. The number of carbonyl (C=O) groups is 1. The van der Waals surface area contributed by atoms with Crippen molar-refractivity contribution in [1.29, 1.82) is 0 Å². The van der Waals surface area contributed by atoms with E-state index in [1.165, 1.54) is 0 Å². The summed E-state index contributed by atoms with van der Waals surface area (Å²) in [7, 11) is 0. The zero-order valence-electron chi connectivity index (χ0n) is 9.52. The van der Waals surface area contributed by atoms with Crippen molar-refractivity contribution in [3.8, 4) is 0 Å². The molecule has 0 saturated carbocycles. The molecule has 0 bridgehead atoms. The molecule has 0 aromatic heterocycles. The van der Waals surface area contributed by atoms with E-state index < -0.39 is 0 Å². The molecular weight excluding hydrogens is 259 g/mol. The standard InChI is InChI=1S/C12H14Cl2N2O/c1-12(4-5-15-7-12)16-11(17)9-3-2-8(13)6-10(9)14/h2-3,6,15H,4-5,7H2,1H3,(H,16,17). The van der Waals surface area contributed by atoms with Crippen LogP contribution in [0.5, 0.6) is 0 Å². The van der Waals surface area contributed by atoms with Crippen LogP contribution in [0.15, 0.2) is 18.2 Å². The molecule has 0 radical (unpaired) electrons. The third-order valence-electron chi connectivity index (χ3n) is 2.96. The van der Waals surface area contributed by atoms with Crippen molar-refractivity contribution in [3.05, 3.63) is 33.8 Å². The summed E-state index contributed by atoms with van der Waals surface area (Å²) in [6.07, 6.45) is 0.921. The van der Waals surface area contributed by atoms with Gasteiger partial charge >= 0.3 is 0 Å². The molecule has 2 rings (SSSR count). The summed E-state index contributed by atoms with van der Waals surface area (Å²) in [6, 6.07) is 4.89. The number of amides is 1. The van der Waals surface area contributed by atoms with Gasteiger partial charge < -0.3 is 10.6 Å². The van der Waals surface area contributed by atoms with Gasteiger partial charge in [-0.25, -0.2) is 0 Å². The Morgan fingerprint density at radius 3 is 2.82 bits per heavy atom. The smallest absolute Gasteiger partial charge is 0.253 e. The highest BCUT2D eigenvalue weighted by atomic mass is 35.5. The van der Waals surface area contributed by atoms with Crippen molar-refractivity contribution < 1.29 is 4.79 Å². The Labute approximate surface area is 110 Å². The van der Waals surface area contributed by atoms with Crippen LogP contribution < -0.4 is 10.6 Å². The van der Waals surface area contributed by atoms with Gasteiger partial charge in [-0.15, -0.1) is 0 Å². The highest BCUT2D eigenvalue weighted by Crippen LogP contribution is 2.22. The maximum absolute atomic E-state index is 12.1. The Kier molecular flexibility index (Phi) is 3.61. The van der Waals surface area contributed by atoms with Crippen LogP contribution in [0.25, 0.3) is 0 Å². The lowest BCUT2D eigenvalue weighted by molar-refractivity contribution is 0.0913. The molecular formula is C12H14Cl2N2O. The van der Waals surface area contributed by atoms with Gasteiger partial charge in [-0.1, -0.05) is 23.2 Å². The molecule has 1 saturated heterocycles. The highest BCUT2D eigenvalue weighted by molar-refractivity contribution is 6.36. The molecule has 0 aliphatic carbocycles. The van der Waals surface area contributed by atoms with Crippen molar-refractivity contribution in [2.24, 2.45) is 0 Å². The van der Waals surface area contributed by atoms with Crippen molar-refractivity contribution >= 4 is 29.1 Å². The first-order chi connectivity index (χ1) is 8.00. The van der Waals surface area contributed by atoms with Crippen LogP contribution in [0.3, 0.4) is 0 Å². The average Bonchev–Trinajstić information content (AvgIpc) is 2.64. The van der Waals surface area contributed by atoms with Crippen LogP contribution in [0, 0.1) is 0 Å². The lowest BCUT2D eigenvalue weighted by atomic mass is 10.0. The SMILES string of the molecule is CC1(NC(=O)c2ccc(Cl)cc2Cl)CCNC1. The largest absolute Gasteiger partial charge is 0.346 e. The van der Waals surface area contributed by atoms with Crippen LogP contribution in [0.4, 0.5) is 0 Å². The summed E-state index contributed by atoms with van der Waals surface area (Å²) in [6.45, 7) is 3.73. The van der Waals surface area contributed by atoms with Crippen LogP contribution in [-0.2, 0) is 0 Å². The number of rotatable bonds is 2. The average molecular weight is 273 g/mol. The lowest BCUT2D eigenvalue weighted by Gasteiger charge is -2.24. The Morgan fingerprint density at radius 2 is 2.24 bits per heavy atom. The molecule has 0 spiro atoms. The second kappa shape index (κ2) is 4.84. The Bertz CT molecular complexity index is 442. The summed E-state index contributed by atoms with van der Waals surface area (Å²) < 4.78 is 0. The quantitative estimate of drug-likeness (QED) is 0.869. The van der Waals surface area contributed by atoms with Crippen LogP contribution >= 0.6 is 23.2 Å². The van der Waals surface area contributed by atoms with Gasteiger partial charge in [0, 0.05) is 11.6 Å². The molecule has 1 aliphatic rings. The summed E-state index contributed by atoms with van der Waals surface area (Å²) >= 11 is 11.8. The number of benzene rings is 1. The number of halogens is 2. The van der Waals surface area contributed by atoms with Crippen LogP contribution in [0.1, 0.15) is 23.7 Å². The number of carbonyl (C=O) groups excluding carboxylic acids is 1. The van der Waals surface area contributed by atoms with Crippen LogP contribution in [-0.4, -0.2) is 24.5 Å². The summed E-state index contributed by atoms with van der Waals surface area (Å²) in [5.74, 6) is -0.155. The van der Waals surface area contributed by atoms with Gasteiger partial charge in [0.2, 0.25) is 0 Å². The van der Waals surface area contributed by atoms with E-state index in [1.54, 1.807) is 18.2 Å². The van der Waals surface area contributed by atoms with Gasteiger partial charge in [0.15, 0.2) is 0 Å². The van der Waals surface area contributed by atoms with Crippen molar-refractivity contribution in [2.45, 2.75) is 18.9 Å². The van der Waals surface area contributed by atoms with Crippen molar-refractivity contribution in [1.82, 2.24) is 10.6 Å². The normalized spacial score (nSPS) is 23.7. The fourth-order valence-corrected chi connectivity index (χ4v) is 2.43. The van der Waals surface area contributed by atoms with E-state index >= 15 is 0 Å². The molecule has 1 heterocycles. The fourth-order valence-electron chi connectivity index (χ4n) is 1.94. The fraction of sp³-hybridized carbons (Fsp3) is 0.417. The van der Waals surface area contributed by atoms with E-state index in [0.717, 1.165) is 19.5 Å². The first-order valence-corrected chi connectivity index (χ1v) is 6.24. The monoisotopic (exact) mass is 272 g/mol. The lowest BCUT2D eigenvalue weighted by Crippen LogP contribution is -2.47. The maximum atomic E-state index is 12.1. The minimum Gasteiger partial charge on any atom is -0.346 e. The van der Waals surface area contributed by atoms with Crippen LogP contribution in [0.2, 0.25) is 10.0 Å². The minimum absolute atomic E-state index is 0.155. The number of nitrogens with one attached hydrogen (secondary N) is 2. The molecule has 17 heavy (non-hydrogen) atoms. The molecule has 92 valence electrons. The molecule has 1 aromatic carbocycles. The van der Waals surface area contributed by atoms with E-state index in [-0.39, 0.29) is 11.4 Å². The Balaban J connectivity index is 2.14. The molecule has 3 nitrogen and oxygen atoms in total. The molecule has 1 aromatic rings. The van der Waals surface area contributed by atoms with E-state index in [2.05, 4.69) is 10.6 Å². The third kappa shape index (κ3) is 2.92. The second-order valence-corrected chi connectivity index (χ2v) is 5.41. The zero-order valence-corrected chi connectivity index (χ0v) is 11.0. The number of hydrogen-bond acceptors (Lipinski definition) is 2. The predicted molar refractivity (Wildman–Crippen MR) is 69.8 cm³/mol.